The molecule has 0 aliphatic carbocycles. The minimum absolute atomic E-state index is 0.524. The van der Waals surface area contributed by atoms with Crippen molar-refractivity contribution in [3.05, 3.63) is 52.0 Å². The van der Waals surface area contributed by atoms with Crippen molar-refractivity contribution >= 4 is 29.0 Å². The average molecular weight is 388 g/mol. The van der Waals surface area contributed by atoms with Crippen LogP contribution in [0.5, 0.6) is 11.5 Å². The normalized spacial score (nSPS) is 14.8. The Balaban J connectivity index is 1.66. The molecule has 1 aromatic heterocycles. The van der Waals surface area contributed by atoms with Gasteiger partial charge in [0.1, 0.15) is 19.0 Å². The third-order valence-electron chi connectivity index (χ3n) is 4.63. The molecule has 0 spiro atoms. The second-order valence-corrected chi connectivity index (χ2v) is 6.98. The van der Waals surface area contributed by atoms with E-state index in [-0.39, 0.29) is 0 Å². The molecule has 0 saturated carbocycles. The first-order valence-electron chi connectivity index (χ1n) is 8.42. The predicted octanol–water partition coefficient (Wildman–Crippen LogP) is 4.59. The fraction of sp³-hybridized carbons (Fsp3) is 0.211. The number of hydrogen-bond acceptors (Lipinski definition) is 4. The lowest BCUT2D eigenvalue weighted by Crippen LogP contribution is -2.15. The van der Waals surface area contributed by atoms with Gasteiger partial charge in [-0.2, -0.15) is 5.10 Å². The Labute approximate surface area is 160 Å². The van der Waals surface area contributed by atoms with Crippen LogP contribution in [0, 0.1) is 0 Å². The van der Waals surface area contributed by atoms with Gasteiger partial charge in [0.2, 0.25) is 0 Å². The number of halogens is 2. The number of nitrogens with zero attached hydrogens (tertiary/aromatic N) is 2. The Morgan fingerprint density at radius 3 is 2.77 bits per heavy atom. The average Bonchev–Trinajstić information content (AvgIpc) is 3.26. The molecule has 2 aliphatic rings. The number of aromatic nitrogens is 2. The van der Waals surface area contributed by atoms with Gasteiger partial charge in [-0.05, 0) is 24.6 Å². The second kappa shape index (κ2) is 6.11. The summed E-state index contributed by atoms with van der Waals surface area (Å²) in [4.78, 5) is 0. The molecule has 0 amide bonds. The van der Waals surface area contributed by atoms with Gasteiger partial charge in [0.25, 0.3) is 0 Å². The largest absolute Gasteiger partial charge is 0.486 e. The summed E-state index contributed by atoms with van der Waals surface area (Å²) in [6.07, 6.45) is 0.887. The molecule has 3 heterocycles. The first-order valence-corrected chi connectivity index (χ1v) is 9.18. The van der Waals surface area contributed by atoms with E-state index in [0.29, 0.717) is 23.3 Å². The number of hydrogen-bond donors (Lipinski definition) is 1. The molecule has 5 nitrogen and oxygen atoms in total. The Morgan fingerprint density at radius 1 is 1.04 bits per heavy atom. The van der Waals surface area contributed by atoms with E-state index in [4.69, 9.17) is 37.8 Å². The summed E-state index contributed by atoms with van der Waals surface area (Å²) in [7, 11) is 0. The van der Waals surface area contributed by atoms with Crippen molar-refractivity contribution in [3.63, 3.8) is 0 Å². The molecule has 1 N–H and O–H groups in total. The third-order valence-corrected chi connectivity index (χ3v) is 5.45. The molecule has 2 aromatic carbocycles. The van der Waals surface area contributed by atoms with Crippen molar-refractivity contribution in [2.45, 2.75) is 6.42 Å². The molecule has 0 fully saturated rings. The first-order chi connectivity index (χ1) is 12.7. The van der Waals surface area contributed by atoms with Crippen LogP contribution >= 0.6 is 23.2 Å². The number of benzene rings is 2. The van der Waals surface area contributed by atoms with Crippen LogP contribution in [-0.2, 0) is 6.42 Å². The molecule has 0 bridgehead atoms. The summed E-state index contributed by atoms with van der Waals surface area (Å²) in [5.74, 6) is 2.47. The molecular weight excluding hydrogens is 373 g/mol. The first kappa shape index (κ1) is 15.9. The van der Waals surface area contributed by atoms with Crippen molar-refractivity contribution in [2.75, 3.05) is 25.1 Å². The quantitative estimate of drug-likeness (QED) is 0.698. The van der Waals surface area contributed by atoms with E-state index in [1.54, 1.807) is 6.07 Å². The SMILES string of the molecule is Clc1cccc(-c2nn(-c3ccc4c(c3)OCCO4)c3c2CCN3)c1Cl. The highest BCUT2D eigenvalue weighted by Crippen LogP contribution is 2.40. The minimum Gasteiger partial charge on any atom is -0.486 e. The number of fused-ring (bicyclic) bond motifs is 2. The Kier molecular flexibility index (Phi) is 3.72. The molecule has 26 heavy (non-hydrogen) atoms. The molecule has 0 radical (unpaired) electrons. The summed E-state index contributed by atoms with van der Waals surface area (Å²) in [5, 5.41) is 9.31. The van der Waals surface area contributed by atoms with Gasteiger partial charge < -0.3 is 14.8 Å². The molecule has 0 saturated heterocycles. The van der Waals surface area contributed by atoms with Gasteiger partial charge in [-0.1, -0.05) is 35.3 Å². The van der Waals surface area contributed by atoms with Gasteiger partial charge in [-0.15, -0.1) is 0 Å². The van der Waals surface area contributed by atoms with Crippen LogP contribution in [0.3, 0.4) is 0 Å². The summed E-state index contributed by atoms with van der Waals surface area (Å²) >= 11 is 12.6. The zero-order chi connectivity index (χ0) is 17.7. The second-order valence-electron chi connectivity index (χ2n) is 6.19. The van der Waals surface area contributed by atoms with Crippen LogP contribution in [-0.4, -0.2) is 29.5 Å². The van der Waals surface area contributed by atoms with Gasteiger partial charge in [0.15, 0.2) is 11.5 Å². The summed E-state index contributed by atoms with van der Waals surface area (Å²) < 4.78 is 13.2. The Morgan fingerprint density at radius 2 is 1.88 bits per heavy atom. The van der Waals surface area contributed by atoms with E-state index in [9.17, 15) is 0 Å². The number of nitrogens with one attached hydrogen (secondary N) is 1. The maximum atomic E-state index is 6.44. The standard InChI is InChI=1S/C19H15Cl2N3O2/c20-14-3-1-2-12(17(14)21)18-13-6-7-22-19(13)24(23-18)11-4-5-15-16(10-11)26-9-8-25-15/h1-5,10,22H,6-9H2. The van der Waals surface area contributed by atoms with Crippen LogP contribution in [0.4, 0.5) is 5.82 Å². The van der Waals surface area contributed by atoms with Crippen molar-refractivity contribution in [1.29, 1.82) is 0 Å². The predicted molar refractivity (Wildman–Crippen MR) is 102 cm³/mol. The molecule has 0 atom stereocenters. The molecule has 3 aromatic rings. The summed E-state index contributed by atoms with van der Waals surface area (Å²) in [6.45, 7) is 1.99. The van der Waals surface area contributed by atoms with Crippen molar-refractivity contribution in [2.24, 2.45) is 0 Å². The van der Waals surface area contributed by atoms with E-state index in [1.807, 2.05) is 35.0 Å². The number of anilines is 1. The highest BCUT2D eigenvalue weighted by Gasteiger charge is 2.26. The summed E-state index contributed by atoms with van der Waals surface area (Å²) in [5.41, 5.74) is 3.75. The van der Waals surface area contributed by atoms with Gasteiger partial charge >= 0.3 is 0 Å². The third kappa shape index (κ3) is 2.42. The molecule has 2 aliphatic heterocycles. The molecular formula is C19H15Cl2N3O2. The van der Waals surface area contributed by atoms with Crippen LogP contribution in [0.2, 0.25) is 10.0 Å². The minimum atomic E-state index is 0.524. The van der Waals surface area contributed by atoms with E-state index in [2.05, 4.69) is 5.32 Å². The molecule has 7 heteroatoms. The fourth-order valence-corrected chi connectivity index (χ4v) is 3.82. The van der Waals surface area contributed by atoms with Crippen LogP contribution in [0.25, 0.3) is 16.9 Å². The lowest BCUT2D eigenvalue weighted by Gasteiger charge is -2.19. The number of rotatable bonds is 2. The smallest absolute Gasteiger partial charge is 0.163 e. The monoisotopic (exact) mass is 387 g/mol. The Bertz CT molecular complexity index is 1020. The lowest BCUT2D eigenvalue weighted by atomic mass is 10.1. The van der Waals surface area contributed by atoms with Crippen molar-refractivity contribution in [1.82, 2.24) is 9.78 Å². The van der Waals surface area contributed by atoms with Gasteiger partial charge in [-0.3, -0.25) is 0 Å². The van der Waals surface area contributed by atoms with Crippen molar-refractivity contribution in [3.8, 4) is 28.4 Å². The topological polar surface area (TPSA) is 48.3 Å². The van der Waals surface area contributed by atoms with Crippen molar-refractivity contribution < 1.29 is 9.47 Å². The zero-order valence-corrected chi connectivity index (χ0v) is 15.3. The molecule has 132 valence electrons. The maximum absolute atomic E-state index is 6.44. The fourth-order valence-electron chi connectivity index (χ4n) is 3.43. The van der Waals surface area contributed by atoms with E-state index >= 15 is 0 Å². The Hall–Kier alpha value is -2.37. The van der Waals surface area contributed by atoms with E-state index < -0.39 is 0 Å². The maximum Gasteiger partial charge on any atom is 0.163 e. The molecule has 5 rings (SSSR count). The van der Waals surface area contributed by atoms with Gasteiger partial charge in [0.05, 0.1) is 21.4 Å². The van der Waals surface area contributed by atoms with Gasteiger partial charge in [0, 0.05) is 23.7 Å². The highest BCUT2D eigenvalue weighted by atomic mass is 35.5. The molecule has 0 unspecified atom stereocenters. The lowest BCUT2D eigenvalue weighted by molar-refractivity contribution is 0.171. The summed E-state index contributed by atoms with van der Waals surface area (Å²) in [6, 6.07) is 11.5. The van der Waals surface area contributed by atoms with Gasteiger partial charge in [-0.25, -0.2) is 4.68 Å². The highest BCUT2D eigenvalue weighted by molar-refractivity contribution is 6.43. The van der Waals surface area contributed by atoms with Crippen LogP contribution < -0.4 is 14.8 Å². The van der Waals surface area contributed by atoms with Crippen LogP contribution in [0.1, 0.15) is 5.56 Å². The number of ether oxygens (including phenoxy) is 2. The van der Waals surface area contributed by atoms with Crippen LogP contribution in [0.15, 0.2) is 36.4 Å². The zero-order valence-electron chi connectivity index (χ0n) is 13.8. The van der Waals surface area contributed by atoms with E-state index in [0.717, 1.165) is 52.8 Å². The van der Waals surface area contributed by atoms with E-state index in [1.165, 1.54) is 0 Å².